The van der Waals surface area contributed by atoms with Gasteiger partial charge in [0.2, 0.25) is 0 Å². The molecule has 0 aliphatic carbocycles. The first-order valence-electron chi connectivity index (χ1n) is 4.40. The zero-order chi connectivity index (χ0) is 9.52. The highest BCUT2D eigenvalue weighted by Gasteiger charge is 1.93. The zero-order valence-corrected chi connectivity index (χ0v) is 8.56. The van der Waals surface area contributed by atoms with E-state index in [1.54, 1.807) is 0 Å². The molecule has 0 aliphatic heterocycles. The third-order valence-corrected chi connectivity index (χ3v) is 2.06. The van der Waals surface area contributed by atoms with Gasteiger partial charge in [-0.15, -0.1) is 11.6 Å². The second-order valence-corrected chi connectivity index (χ2v) is 3.24. The number of benzene rings is 1. The quantitative estimate of drug-likeness (QED) is 0.556. The number of aryl methyl sites for hydroxylation is 1. The van der Waals surface area contributed by atoms with Gasteiger partial charge in [-0.2, -0.15) is 0 Å². The standard InChI is InChI=1S/C10H15ClN2/c1-12-13-8-10-4-2-9(3-5-10)6-7-11/h2-5,12-13H,6-8H2,1H3. The maximum atomic E-state index is 5.64. The van der Waals surface area contributed by atoms with Gasteiger partial charge < -0.3 is 0 Å². The van der Waals surface area contributed by atoms with Gasteiger partial charge in [0.15, 0.2) is 0 Å². The van der Waals surface area contributed by atoms with Gasteiger partial charge in [-0.25, -0.2) is 0 Å². The van der Waals surface area contributed by atoms with Crippen molar-refractivity contribution >= 4 is 11.6 Å². The predicted molar refractivity (Wildman–Crippen MR) is 56.8 cm³/mol. The Labute approximate surface area is 84.3 Å². The van der Waals surface area contributed by atoms with E-state index in [1.165, 1.54) is 11.1 Å². The summed E-state index contributed by atoms with van der Waals surface area (Å²) in [5.74, 6) is 0.689. The van der Waals surface area contributed by atoms with E-state index in [1.807, 2.05) is 7.05 Å². The Morgan fingerprint density at radius 2 is 1.77 bits per heavy atom. The summed E-state index contributed by atoms with van der Waals surface area (Å²) in [5, 5.41) is 0. The van der Waals surface area contributed by atoms with E-state index in [0.717, 1.165) is 13.0 Å². The van der Waals surface area contributed by atoms with E-state index in [0.29, 0.717) is 5.88 Å². The normalized spacial score (nSPS) is 10.3. The molecule has 0 fully saturated rings. The van der Waals surface area contributed by atoms with Gasteiger partial charge in [0.05, 0.1) is 0 Å². The monoisotopic (exact) mass is 198 g/mol. The lowest BCUT2D eigenvalue weighted by atomic mass is 10.1. The molecule has 1 aromatic rings. The molecular weight excluding hydrogens is 184 g/mol. The fourth-order valence-electron chi connectivity index (χ4n) is 1.12. The van der Waals surface area contributed by atoms with Crippen LogP contribution >= 0.6 is 11.6 Å². The van der Waals surface area contributed by atoms with Crippen LogP contribution in [0.15, 0.2) is 24.3 Å². The summed E-state index contributed by atoms with van der Waals surface area (Å²) in [6, 6.07) is 8.47. The average Bonchev–Trinajstić information content (AvgIpc) is 2.17. The van der Waals surface area contributed by atoms with Crippen LogP contribution in [0, 0.1) is 0 Å². The fourth-order valence-corrected chi connectivity index (χ4v) is 1.34. The van der Waals surface area contributed by atoms with Crippen LogP contribution in [0.5, 0.6) is 0 Å². The van der Waals surface area contributed by atoms with Crippen LogP contribution in [0.4, 0.5) is 0 Å². The Hall–Kier alpha value is -0.570. The first kappa shape index (κ1) is 10.5. The molecule has 0 aliphatic rings. The van der Waals surface area contributed by atoms with Crippen LogP contribution in [-0.2, 0) is 13.0 Å². The SMILES string of the molecule is CNNCc1ccc(CCCl)cc1. The van der Waals surface area contributed by atoms with Gasteiger partial charge in [-0.1, -0.05) is 24.3 Å². The molecule has 0 saturated carbocycles. The van der Waals surface area contributed by atoms with Crippen molar-refractivity contribution in [1.29, 1.82) is 0 Å². The summed E-state index contributed by atoms with van der Waals surface area (Å²) in [6.45, 7) is 0.845. The summed E-state index contributed by atoms with van der Waals surface area (Å²) in [7, 11) is 1.86. The van der Waals surface area contributed by atoms with Crippen LogP contribution in [0.25, 0.3) is 0 Å². The second-order valence-electron chi connectivity index (χ2n) is 2.86. The lowest BCUT2D eigenvalue weighted by Crippen LogP contribution is -2.26. The van der Waals surface area contributed by atoms with Crippen LogP contribution in [0.1, 0.15) is 11.1 Å². The Balaban J connectivity index is 2.48. The molecule has 2 N–H and O–H groups in total. The van der Waals surface area contributed by atoms with Gasteiger partial charge in [0.1, 0.15) is 0 Å². The summed E-state index contributed by atoms with van der Waals surface area (Å²) >= 11 is 5.64. The summed E-state index contributed by atoms with van der Waals surface area (Å²) < 4.78 is 0. The smallest absolute Gasteiger partial charge is 0.0350 e. The minimum Gasteiger partial charge on any atom is -0.261 e. The highest BCUT2D eigenvalue weighted by molar-refractivity contribution is 6.17. The second kappa shape index (κ2) is 5.97. The molecule has 0 heterocycles. The fraction of sp³-hybridized carbons (Fsp3) is 0.400. The molecule has 0 amide bonds. The number of hydrogen-bond donors (Lipinski definition) is 2. The van der Waals surface area contributed by atoms with Crippen molar-refractivity contribution in [2.45, 2.75) is 13.0 Å². The topological polar surface area (TPSA) is 24.1 Å². The van der Waals surface area contributed by atoms with Gasteiger partial charge in [-0.05, 0) is 24.6 Å². The molecule has 13 heavy (non-hydrogen) atoms. The molecule has 1 aromatic carbocycles. The molecule has 2 nitrogen and oxygen atoms in total. The number of halogens is 1. The minimum absolute atomic E-state index is 0.689. The lowest BCUT2D eigenvalue weighted by Gasteiger charge is -2.03. The Bertz CT molecular complexity index is 233. The van der Waals surface area contributed by atoms with Crippen molar-refractivity contribution in [3.63, 3.8) is 0 Å². The van der Waals surface area contributed by atoms with Crippen molar-refractivity contribution < 1.29 is 0 Å². The summed E-state index contributed by atoms with van der Waals surface area (Å²) in [6.07, 6.45) is 0.946. The van der Waals surface area contributed by atoms with E-state index in [9.17, 15) is 0 Å². The van der Waals surface area contributed by atoms with Crippen LogP contribution in [0.2, 0.25) is 0 Å². The highest BCUT2D eigenvalue weighted by atomic mass is 35.5. The first-order chi connectivity index (χ1) is 6.36. The number of rotatable bonds is 5. The molecule has 0 spiro atoms. The third kappa shape index (κ3) is 3.77. The first-order valence-corrected chi connectivity index (χ1v) is 4.93. The number of alkyl halides is 1. The third-order valence-electron chi connectivity index (χ3n) is 1.88. The van der Waals surface area contributed by atoms with E-state index >= 15 is 0 Å². The minimum atomic E-state index is 0.689. The summed E-state index contributed by atoms with van der Waals surface area (Å²) in [5.41, 5.74) is 8.49. The molecule has 0 aromatic heterocycles. The largest absolute Gasteiger partial charge is 0.261 e. The van der Waals surface area contributed by atoms with Gasteiger partial charge in [-0.3, -0.25) is 10.9 Å². The molecule has 1 rings (SSSR count). The maximum Gasteiger partial charge on any atom is 0.0350 e. The van der Waals surface area contributed by atoms with E-state index < -0.39 is 0 Å². The zero-order valence-electron chi connectivity index (χ0n) is 7.81. The van der Waals surface area contributed by atoms with E-state index in [4.69, 9.17) is 11.6 Å². The number of nitrogens with one attached hydrogen (secondary N) is 2. The van der Waals surface area contributed by atoms with E-state index in [-0.39, 0.29) is 0 Å². The molecule has 3 heteroatoms. The van der Waals surface area contributed by atoms with Crippen molar-refractivity contribution in [3.8, 4) is 0 Å². The average molecular weight is 199 g/mol. The Morgan fingerprint density at radius 3 is 2.31 bits per heavy atom. The van der Waals surface area contributed by atoms with Crippen LogP contribution in [-0.4, -0.2) is 12.9 Å². The van der Waals surface area contributed by atoms with Crippen LogP contribution < -0.4 is 10.9 Å². The molecule has 0 saturated heterocycles. The van der Waals surface area contributed by atoms with E-state index in [2.05, 4.69) is 35.1 Å². The molecule has 72 valence electrons. The number of hydrazine groups is 1. The van der Waals surface area contributed by atoms with Crippen molar-refractivity contribution in [2.75, 3.05) is 12.9 Å². The Morgan fingerprint density at radius 1 is 1.15 bits per heavy atom. The van der Waals surface area contributed by atoms with Gasteiger partial charge >= 0.3 is 0 Å². The molecule has 0 unspecified atom stereocenters. The lowest BCUT2D eigenvalue weighted by molar-refractivity contribution is 0.596. The van der Waals surface area contributed by atoms with Crippen molar-refractivity contribution in [2.24, 2.45) is 0 Å². The molecule has 0 radical (unpaired) electrons. The highest BCUT2D eigenvalue weighted by Crippen LogP contribution is 2.05. The predicted octanol–water partition coefficient (Wildman–Crippen LogP) is 1.69. The van der Waals surface area contributed by atoms with Crippen molar-refractivity contribution in [1.82, 2.24) is 10.9 Å². The van der Waals surface area contributed by atoms with Gasteiger partial charge in [0.25, 0.3) is 0 Å². The number of hydrogen-bond acceptors (Lipinski definition) is 2. The van der Waals surface area contributed by atoms with Crippen molar-refractivity contribution in [3.05, 3.63) is 35.4 Å². The molecule has 0 bridgehead atoms. The Kier molecular flexibility index (Phi) is 4.83. The molecular formula is C10H15ClN2. The molecule has 0 atom stereocenters. The van der Waals surface area contributed by atoms with Crippen LogP contribution in [0.3, 0.4) is 0 Å². The maximum absolute atomic E-state index is 5.64. The van der Waals surface area contributed by atoms with Gasteiger partial charge in [0, 0.05) is 12.4 Å². The summed E-state index contributed by atoms with van der Waals surface area (Å²) in [4.78, 5) is 0.